The summed E-state index contributed by atoms with van der Waals surface area (Å²) >= 11 is 0. The summed E-state index contributed by atoms with van der Waals surface area (Å²) in [6.07, 6.45) is -0.511. The minimum atomic E-state index is -0.488. The van der Waals surface area contributed by atoms with Gasteiger partial charge in [0.1, 0.15) is 5.60 Å². The van der Waals surface area contributed by atoms with Crippen molar-refractivity contribution in [3.8, 4) is 0 Å². The van der Waals surface area contributed by atoms with E-state index in [0.717, 1.165) is 5.56 Å². The van der Waals surface area contributed by atoms with E-state index in [1.807, 2.05) is 65.0 Å². The molecule has 112 valence electrons. The first-order chi connectivity index (χ1) is 9.28. The molecule has 0 fully saturated rings. The summed E-state index contributed by atoms with van der Waals surface area (Å²) < 4.78 is 11.0. The van der Waals surface area contributed by atoms with Gasteiger partial charge in [-0.25, -0.2) is 4.79 Å². The summed E-state index contributed by atoms with van der Waals surface area (Å²) in [5.41, 5.74) is 0.626. The van der Waals surface area contributed by atoms with E-state index in [-0.39, 0.29) is 12.1 Å². The maximum Gasteiger partial charge on any atom is 0.407 e. The first kappa shape index (κ1) is 16.5. The number of rotatable bonds is 5. The Morgan fingerprint density at radius 3 is 2.35 bits per heavy atom. The third-order valence-electron chi connectivity index (χ3n) is 2.80. The van der Waals surface area contributed by atoms with Crippen LogP contribution in [0.3, 0.4) is 0 Å². The van der Waals surface area contributed by atoms with Gasteiger partial charge in [-0.15, -0.1) is 0 Å². The third-order valence-corrected chi connectivity index (χ3v) is 2.80. The molecular formula is C16H25NO3. The van der Waals surface area contributed by atoms with Crippen molar-refractivity contribution < 1.29 is 14.3 Å². The number of hydrogen-bond acceptors (Lipinski definition) is 3. The average molecular weight is 279 g/mol. The predicted octanol–water partition coefficient (Wildman–Crippen LogP) is 3.50. The number of hydrogen-bond donors (Lipinski definition) is 1. The molecule has 1 aromatic carbocycles. The Balaban J connectivity index is 2.35. The zero-order valence-electron chi connectivity index (χ0n) is 13.0. The fourth-order valence-electron chi connectivity index (χ4n) is 1.56. The number of carbonyl (C=O) groups is 1. The highest BCUT2D eigenvalue weighted by Crippen LogP contribution is 2.09. The van der Waals surface area contributed by atoms with Crippen molar-refractivity contribution in [1.29, 1.82) is 0 Å². The summed E-state index contributed by atoms with van der Waals surface area (Å²) in [7, 11) is 0. The van der Waals surface area contributed by atoms with Gasteiger partial charge in [0.25, 0.3) is 0 Å². The van der Waals surface area contributed by atoms with E-state index < -0.39 is 11.7 Å². The van der Waals surface area contributed by atoms with Crippen LogP contribution in [0.4, 0.5) is 4.79 Å². The third kappa shape index (κ3) is 6.57. The Hall–Kier alpha value is -1.55. The monoisotopic (exact) mass is 279 g/mol. The van der Waals surface area contributed by atoms with E-state index in [2.05, 4.69) is 5.32 Å². The molecule has 2 atom stereocenters. The van der Waals surface area contributed by atoms with Gasteiger partial charge in [-0.05, 0) is 40.2 Å². The normalized spacial score (nSPS) is 14.4. The molecule has 0 saturated carbocycles. The first-order valence-electron chi connectivity index (χ1n) is 6.93. The van der Waals surface area contributed by atoms with Gasteiger partial charge in [-0.1, -0.05) is 30.3 Å². The highest BCUT2D eigenvalue weighted by Gasteiger charge is 2.20. The van der Waals surface area contributed by atoms with Crippen LogP contribution in [-0.4, -0.2) is 23.8 Å². The molecule has 0 spiro atoms. The molecule has 1 unspecified atom stereocenters. The lowest BCUT2D eigenvalue weighted by Crippen LogP contribution is -2.43. The molecule has 0 heterocycles. The Morgan fingerprint density at radius 1 is 1.20 bits per heavy atom. The van der Waals surface area contributed by atoms with Crippen molar-refractivity contribution in [2.45, 2.75) is 59.0 Å². The molecule has 4 heteroatoms. The van der Waals surface area contributed by atoms with E-state index in [1.165, 1.54) is 0 Å². The van der Waals surface area contributed by atoms with Crippen molar-refractivity contribution in [3.05, 3.63) is 35.9 Å². The Labute approximate surface area is 121 Å². The number of nitrogens with one attached hydrogen (secondary N) is 1. The van der Waals surface area contributed by atoms with E-state index in [9.17, 15) is 4.79 Å². The second-order valence-corrected chi connectivity index (χ2v) is 5.94. The van der Waals surface area contributed by atoms with Crippen LogP contribution in [0.2, 0.25) is 0 Å². The molecule has 1 rings (SSSR count). The minimum Gasteiger partial charge on any atom is -0.444 e. The fraction of sp³-hybridized carbons (Fsp3) is 0.562. The van der Waals surface area contributed by atoms with Crippen LogP contribution < -0.4 is 5.32 Å². The molecular weight excluding hydrogens is 254 g/mol. The lowest BCUT2D eigenvalue weighted by Gasteiger charge is -2.25. The largest absolute Gasteiger partial charge is 0.444 e. The van der Waals surface area contributed by atoms with Crippen molar-refractivity contribution in [2.24, 2.45) is 0 Å². The molecule has 4 nitrogen and oxygen atoms in total. The quantitative estimate of drug-likeness (QED) is 0.897. The van der Waals surface area contributed by atoms with Crippen LogP contribution in [0.25, 0.3) is 0 Å². The van der Waals surface area contributed by atoms with E-state index >= 15 is 0 Å². The molecule has 0 aromatic heterocycles. The SMILES string of the molecule is CC(OCc1ccccc1)[C@H](C)NC(=O)OC(C)(C)C. The molecule has 20 heavy (non-hydrogen) atoms. The van der Waals surface area contributed by atoms with E-state index in [1.54, 1.807) is 0 Å². The molecule has 0 radical (unpaired) electrons. The molecule has 1 amide bonds. The van der Waals surface area contributed by atoms with Gasteiger partial charge >= 0.3 is 6.09 Å². The average Bonchev–Trinajstić information content (AvgIpc) is 2.34. The maximum atomic E-state index is 11.7. The van der Waals surface area contributed by atoms with Gasteiger partial charge < -0.3 is 14.8 Å². The van der Waals surface area contributed by atoms with Crippen molar-refractivity contribution in [1.82, 2.24) is 5.32 Å². The lowest BCUT2D eigenvalue weighted by molar-refractivity contribution is 0.0183. The van der Waals surface area contributed by atoms with Gasteiger partial charge in [-0.3, -0.25) is 0 Å². The van der Waals surface area contributed by atoms with Crippen LogP contribution in [0.15, 0.2) is 30.3 Å². The summed E-state index contributed by atoms with van der Waals surface area (Å²) in [6.45, 7) is 9.89. The standard InChI is InChI=1S/C16H25NO3/c1-12(17-15(18)20-16(3,4)5)13(2)19-11-14-9-7-6-8-10-14/h6-10,12-13H,11H2,1-5H3,(H,17,18)/t12-,13?/m0/s1. The molecule has 1 aromatic rings. The van der Waals surface area contributed by atoms with Crippen LogP contribution >= 0.6 is 0 Å². The maximum absolute atomic E-state index is 11.7. The second kappa shape index (κ2) is 7.29. The van der Waals surface area contributed by atoms with Crippen LogP contribution in [0, 0.1) is 0 Å². The zero-order valence-corrected chi connectivity index (χ0v) is 13.0. The minimum absolute atomic E-state index is 0.0947. The highest BCUT2D eigenvalue weighted by atomic mass is 16.6. The predicted molar refractivity (Wildman–Crippen MR) is 79.5 cm³/mol. The van der Waals surface area contributed by atoms with Crippen LogP contribution in [-0.2, 0) is 16.1 Å². The zero-order chi connectivity index (χ0) is 15.2. The Bertz CT molecular complexity index is 411. The molecule has 0 bridgehead atoms. The Kier molecular flexibility index (Phi) is 6.02. The van der Waals surface area contributed by atoms with Gasteiger partial charge in [0.2, 0.25) is 0 Å². The summed E-state index contributed by atoms with van der Waals surface area (Å²) in [5, 5.41) is 2.79. The van der Waals surface area contributed by atoms with Crippen LogP contribution in [0.5, 0.6) is 0 Å². The number of ether oxygens (including phenoxy) is 2. The molecule has 0 aliphatic carbocycles. The van der Waals surface area contributed by atoms with Gasteiger partial charge in [0.05, 0.1) is 18.8 Å². The van der Waals surface area contributed by atoms with Gasteiger partial charge in [0.15, 0.2) is 0 Å². The Morgan fingerprint density at radius 2 is 1.80 bits per heavy atom. The highest BCUT2D eigenvalue weighted by molar-refractivity contribution is 5.68. The number of amides is 1. The topological polar surface area (TPSA) is 47.6 Å². The van der Waals surface area contributed by atoms with Crippen molar-refractivity contribution >= 4 is 6.09 Å². The van der Waals surface area contributed by atoms with Gasteiger partial charge in [-0.2, -0.15) is 0 Å². The summed E-state index contributed by atoms with van der Waals surface area (Å²) in [4.78, 5) is 11.7. The molecule has 1 N–H and O–H groups in total. The number of carbonyl (C=O) groups excluding carboxylic acids is 1. The van der Waals surface area contributed by atoms with E-state index in [0.29, 0.717) is 6.61 Å². The summed E-state index contributed by atoms with van der Waals surface area (Å²) in [5.74, 6) is 0. The first-order valence-corrected chi connectivity index (χ1v) is 6.93. The van der Waals surface area contributed by atoms with Gasteiger partial charge in [0, 0.05) is 0 Å². The molecule has 0 aliphatic rings. The van der Waals surface area contributed by atoms with Crippen LogP contribution in [0.1, 0.15) is 40.2 Å². The van der Waals surface area contributed by atoms with Crippen molar-refractivity contribution in [2.75, 3.05) is 0 Å². The lowest BCUT2D eigenvalue weighted by atomic mass is 10.2. The molecule has 0 aliphatic heterocycles. The number of alkyl carbamates (subject to hydrolysis) is 1. The summed E-state index contributed by atoms with van der Waals surface area (Å²) in [6, 6.07) is 9.84. The van der Waals surface area contributed by atoms with E-state index in [4.69, 9.17) is 9.47 Å². The number of benzene rings is 1. The second-order valence-electron chi connectivity index (χ2n) is 5.94. The fourth-order valence-corrected chi connectivity index (χ4v) is 1.56. The smallest absolute Gasteiger partial charge is 0.407 e. The van der Waals surface area contributed by atoms with Crippen molar-refractivity contribution in [3.63, 3.8) is 0 Å². The molecule has 0 saturated heterocycles.